The Bertz CT molecular complexity index is 552. The predicted molar refractivity (Wildman–Crippen MR) is 70.5 cm³/mol. The largest absolute Gasteiger partial charge is 0.423 e. The number of nitrogen functional groups attached to an aromatic ring is 1. The van der Waals surface area contributed by atoms with E-state index in [1.54, 1.807) is 7.11 Å². The van der Waals surface area contributed by atoms with Crippen LogP contribution in [0.4, 0.5) is 11.7 Å². The summed E-state index contributed by atoms with van der Waals surface area (Å²) in [4.78, 5) is 4.39. The van der Waals surface area contributed by atoms with Crippen molar-refractivity contribution >= 4 is 22.8 Å². The van der Waals surface area contributed by atoms with E-state index in [2.05, 4.69) is 10.3 Å². The fraction of sp³-hybridized carbons (Fsp3) is 0.462. The minimum Gasteiger partial charge on any atom is -0.423 e. The average molecular weight is 247 g/mol. The maximum atomic E-state index is 5.86. The lowest BCUT2D eigenvalue weighted by molar-refractivity contribution is 0.100. The van der Waals surface area contributed by atoms with Gasteiger partial charge >= 0.3 is 0 Å². The van der Waals surface area contributed by atoms with Gasteiger partial charge in [-0.15, -0.1) is 0 Å². The second-order valence-corrected chi connectivity index (χ2v) is 4.67. The van der Waals surface area contributed by atoms with Crippen LogP contribution in [0.25, 0.3) is 11.1 Å². The van der Waals surface area contributed by atoms with Crippen LogP contribution in [-0.2, 0) is 4.74 Å². The van der Waals surface area contributed by atoms with Gasteiger partial charge in [0.2, 0.25) is 0 Å². The molecule has 0 aliphatic heterocycles. The summed E-state index contributed by atoms with van der Waals surface area (Å²) in [7, 11) is 1.74. The molecule has 5 nitrogen and oxygen atoms in total. The number of nitrogens with one attached hydrogen (secondary N) is 1. The summed E-state index contributed by atoms with van der Waals surface area (Å²) in [6.07, 6.45) is 3.55. The SMILES string of the molecule is COC1CCCC1Nc1nc2c(N)cccc2o1. The van der Waals surface area contributed by atoms with Crippen molar-refractivity contribution < 1.29 is 9.15 Å². The Morgan fingerprint density at radius 1 is 1.44 bits per heavy atom. The van der Waals surface area contributed by atoms with Crippen LogP contribution in [0.3, 0.4) is 0 Å². The van der Waals surface area contributed by atoms with Gasteiger partial charge in [-0.3, -0.25) is 0 Å². The highest BCUT2D eigenvalue weighted by molar-refractivity contribution is 5.86. The molecular weight excluding hydrogens is 230 g/mol. The van der Waals surface area contributed by atoms with Gasteiger partial charge in [-0.2, -0.15) is 4.98 Å². The zero-order valence-corrected chi connectivity index (χ0v) is 10.3. The van der Waals surface area contributed by atoms with Gasteiger partial charge in [0.25, 0.3) is 6.01 Å². The Balaban J connectivity index is 1.84. The number of nitrogens with two attached hydrogens (primary N) is 1. The molecule has 2 unspecified atom stereocenters. The summed E-state index contributed by atoms with van der Waals surface area (Å²) < 4.78 is 11.1. The van der Waals surface area contributed by atoms with E-state index in [9.17, 15) is 0 Å². The molecule has 0 saturated heterocycles. The standard InChI is InChI=1S/C13H17N3O2/c1-17-10-6-3-5-9(10)15-13-16-12-8(14)4-2-7-11(12)18-13/h2,4,7,9-10H,3,5-6,14H2,1H3,(H,15,16). The van der Waals surface area contributed by atoms with Crippen LogP contribution >= 0.6 is 0 Å². The molecule has 1 aliphatic carbocycles. The molecule has 0 amide bonds. The van der Waals surface area contributed by atoms with Crippen LogP contribution in [0.1, 0.15) is 19.3 Å². The Kier molecular flexibility index (Phi) is 2.83. The Morgan fingerprint density at radius 2 is 2.33 bits per heavy atom. The maximum Gasteiger partial charge on any atom is 0.296 e. The maximum absolute atomic E-state index is 5.86. The molecule has 1 fully saturated rings. The Hall–Kier alpha value is -1.75. The normalized spacial score (nSPS) is 23.6. The third-order valence-corrected chi connectivity index (χ3v) is 3.51. The molecular formula is C13H17N3O2. The van der Waals surface area contributed by atoms with E-state index in [1.807, 2.05) is 18.2 Å². The molecule has 5 heteroatoms. The molecule has 0 radical (unpaired) electrons. The topological polar surface area (TPSA) is 73.3 Å². The van der Waals surface area contributed by atoms with Crippen molar-refractivity contribution in [3.8, 4) is 0 Å². The van der Waals surface area contributed by atoms with Crippen molar-refractivity contribution in [2.24, 2.45) is 0 Å². The van der Waals surface area contributed by atoms with Crippen molar-refractivity contribution in [3.05, 3.63) is 18.2 Å². The first-order valence-electron chi connectivity index (χ1n) is 6.22. The first-order valence-corrected chi connectivity index (χ1v) is 6.22. The molecule has 3 N–H and O–H groups in total. The number of methoxy groups -OCH3 is 1. The lowest BCUT2D eigenvalue weighted by Crippen LogP contribution is -2.29. The fourth-order valence-electron chi connectivity index (χ4n) is 2.56. The molecule has 1 saturated carbocycles. The summed E-state index contributed by atoms with van der Waals surface area (Å²) in [6, 6.07) is 6.34. The number of ether oxygens (including phenoxy) is 1. The lowest BCUT2D eigenvalue weighted by atomic mass is 10.2. The second-order valence-electron chi connectivity index (χ2n) is 4.67. The summed E-state index contributed by atoms with van der Waals surface area (Å²) in [6.45, 7) is 0. The molecule has 0 spiro atoms. The number of aromatic nitrogens is 1. The summed E-state index contributed by atoms with van der Waals surface area (Å²) in [5.74, 6) is 0. The van der Waals surface area contributed by atoms with Gasteiger partial charge < -0.3 is 20.2 Å². The number of benzene rings is 1. The Morgan fingerprint density at radius 3 is 3.11 bits per heavy atom. The number of nitrogens with zero attached hydrogens (tertiary/aromatic N) is 1. The van der Waals surface area contributed by atoms with Crippen molar-refractivity contribution in [2.75, 3.05) is 18.2 Å². The van der Waals surface area contributed by atoms with Crippen LogP contribution in [-0.4, -0.2) is 24.2 Å². The number of rotatable bonds is 3. The molecule has 1 aliphatic rings. The smallest absolute Gasteiger partial charge is 0.296 e. The van der Waals surface area contributed by atoms with Crippen LogP contribution in [0.2, 0.25) is 0 Å². The zero-order chi connectivity index (χ0) is 12.5. The molecule has 1 aromatic heterocycles. The summed E-state index contributed by atoms with van der Waals surface area (Å²) in [5.41, 5.74) is 7.92. The van der Waals surface area contributed by atoms with Crippen molar-refractivity contribution in [3.63, 3.8) is 0 Å². The van der Waals surface area contributed by atoms with Gasteiger partial charge in [0.1, 0.15) is 5.52 Å². The highest BCUT2D eigenvalue weighted by Gasteiger charge is 2.28. The first-order chi connectivity index (χ1) is 8.78. The number of para-hydroxylation sites is 1. The van der Waals surface area contributed by atoms with E-state index in [4.69, 9.17) is 14.9 Å². The van der Waals surface area contributed by atoms with E-state index in [0.29, 0.717) is 22.8 Å². The van der Waals surface area contributed by atoms with Gasteiger partial charge in [0.15, 0.2) is 5.58 Å². The third kappa shape index (κ3) is 1.90. The first kappa shape index (κ1) is 11.3. The van der Waals surface area contributed by atoms with Crippen LogP contribution in [0.5, 0.6) is 0 Å². The van der Waals surface area contributed by atoms with Crippen LogP contribution in [0.15, 0.2) is 22.6 Å². The van der Waals surface area contributed by atoms with E-state index < -0.39 is 0 Å². The summed E-state index contributed by atoms with van der Waals surface area (Å²) >= 11 is 0. The minimum atomic E-state index is 0.234. The van der Waals surface area contributed by atoms with E-state index in [0.717, 1.165) is 12.8 Å². The van der Waals surface area contributed by atoms with E-state index in [1.165, 1.54) is 6.42 Å². The molecule has 2 aromatic rings. The Labute approximate surface area is 105 Å². The highest BCUT2D eigenvalue weighted by Crippen LogP contribution is 2.28. The number of fused-ring (bicyclic) bond motifs is 1. The fourth-order valence-corrected chi connectivity index (χ4v) is 2.56. The number of oxazole rings is 1. The van der Waals surface area contributed by atoms with Crippen molar-refractivity contribution in [1.29, 1.82) is 0 Å². The predicted octanol–water partition coefficient (Wildman–Crippen LogP) is 2.39. The molecule has 0 bridgehead atoms. The minimum absolute atomic E-state index is 0.234. The summed E-state index contributed by atoms with van der Waals surface area (Å²) in [5, 5.41) is 3.30. The molecule has 18 heavy (non-hydrogen) atoms. The zero-order valence-electron chi connectivity index (χ0n) is 10.3. The van der Waals surface area contributed by atoms with Gasteiger partial charge in [-0.05, 0) is 31.4 Å². The van der Waals surface area contributed by atoms with Gasteiger partial charge in [0, 0.05) is 7.11 Å². The van der Waals surface area contributed by atoms with E-state index in [-0.39, 0.29) is 12.1 Å². The quantitative estimate of drug-likeness (QED) is 0.815. The van der Waals surface area contributed by atoms with Crippen molar-refractivity contribution in [2.45, 2.75) is 31.4 Å². The number of hydrogen-bond acceptors (Lipinski definition) is 5. The molecule has 1 heterocycles. The monoisotopic (exact) mass is 247 g/mol. The highest BCUT2D eigenvalue weighted by atomic mass is 16.5. The third-order valence-electron chi connectivity index (χ3n) is 3.51. The van der Waals surface area contributed by atoms with Gasteiger partial charge in [0.05, 0.1) is 17.8 Å². The average Bonchev–Trinajstić information content (AvgIpc) is 2.96. The molecule has 1 aromatic carbocycles. The molecule has 96 valence electrons. The van der Waals surface area contributed by atoms with Gasteiger partial charge in [-0.1, -0.05) is 6.07 Å². The van der Waals surface area contributed by atoms with Crippen LogP contribution < -0.4 is 11.1 Å². The van der Waals surface area contributed by atoms with E-state index >= 15 is 0 Å². The number of hydrogen-bond donors (Lipinski definition) is 2. The molecule has 3 rings (SSSR count). The molecule has 2 atom stereocenters. The second kappa shape index (κ2) is 4.49. The van der Waals surface area contributed by atoms with Crippen LogP contribution in [0, 0.1) is 0 Å². The van der Waals surface area contributed by atoms with Gasteiger partial charge in [-0.25, -0.2) is 0 Å². The van der Waals surface area contributed by atoms with Crippen molar-refractivity contribution in [1.82, 2.24) is 4.98 Å². The lowest BCUT2D eigenvalue weighted by Gasteiger charge is -2.18. The number of anilines is 2.